The van der Waals surface area contributed by atoms with E-state index < -0.39 is 12.1 Å². The van der Waals surface area contributed by atoms with Crippen molar-refractivity contribution in [2.75, 3.05) is 20.3 Å². The first kappa shape index (κ1) is 12.8. The van der Waals surface area contributed by atoms with Crippen molar-refractivity contribution in [2.24, 2.45) is 0 Å². The second-order valence-electron chi connectivity index (χ2n) is 3.84. The monoisotopic (exact) mass is 229 g/mol. The minimum atomic E-state index is -0.459. The Hall–Kier alpha value is -1.26. The summed E-state index contributed by atoms with van der Waals surface area (Å²) in [4.78, 5) is 24.5. The molecule has 1 unspecified atom stereocenters. The van der Waals surface area contributed by atoms with E-state index in [0.29, 0.717) is 19.6 Å². The van der Waals surface area contributed by atoms with Gasteiger partial charge in [-0.15, -0.1) is 0 Å². The summed E-state index contributed by atoms with van der Waals surface area (Å²) in [7, 11) is 1.33. The Balaban J connectivity index is 2.44. The first-order valence-electron chi connectivity index (χ1n) is 5.72. The Morgan fingerprint density at radius 2 is 2.19 bits per heavy atom. The molecule has 1 amide bonds. The van der Waals surface area contributed by atoms with Crippen molar-refractivity contribution in [1.29, 1.82) is 0 Å². The number of ether oxygens (including phenoxy) is 2. The fourth-order valence-corrected chi connectivity index (χ4v) is 1.75. The average molecular weight is 229 g/mol. The van der Waals surface area contributed by atoms with Crippen LogP contribution in [0.4, 0.5) is 4.79 Å². The van der Waals surface area contributed by atoms with Crippen LogP contribution in [0.3, 0.4) is 0 Å². The lowest BCUT2D eigenvalue weighted by atomic mass is 10.2. The second kappa shape index (κ2) is 6.35. The Bertz CT molecular complexity index is 254. The molecular weight excluding hydrogens is 210 g/mol. The molecular formula is C11H19NO4. The van der Waals surface area contributed by atoms with E-state index in [2.05, 4.69) is 4.74 Å². The van der Waals surface area contributed by atoms with E-state index in [1.54, 1.807) is 0 Å². The summed E-state index contributed by atoms with van der Waals surface area (Å²) in [5.74, 6) is -0.357. The van der Waals surface area contributed by atoms with Gasteiger partial charge in [-0.05, 0) is 19.3 Å². The molecule has 0 aromatic carbocycles. The summed E-state index contributed by atoms with van der Waals surface area (Å²) in [6.45, 7) is 3.02. The molecule has 1 fully saturated rings. The van der Waals surface area contributed by atoms with Crippen LogP contribution in [0.5, 0.6) is 0 Å². The normalized spacial score (nSPS) is 19.6. The first-order chi connectivity index (χ1) is 7.70. The van der Waals surface area contributed by atoms with Gasteiger partial charge in [-0.3, -0.25) is 4.90 Å². The quantitative estimate of drug-likeness (QED) is 0.542. The lowest BCUT2D eigenvalue weighted by Crippen LogP contribution is -2.41. The zero-order valence-corrected chi connectivity index (χ0v) is 9.90. The summed E-state index contributed by atoms with van der Waals surface area (Å²) in [6.07, 6.45) is 2.91. The molecule has 0 N–H and O–H groups in total. The Labute approximate surface area is 95.7 Å². The number of carbonyl (C=O) groups is 2. The van der Waals surface area contributed by atoms with Crippen LogP contribution >= 0.6 is 0 Å². The highest BCUT2D eigenvalue weighted by Gasteiger charge is 2.35. The van der Waals surface area contributed by atoms with Gasteiger partial charge < -0.3 is 9.47 Å². The predicted octanol–water partition coefficient (Wildman–Crippen LogP) is 1.56. The van der Waals surface area contributed by atoms with Gasteiger partial charge in [0.25, 0.3) is 0 Å². The van der Waals surface area contributed by atoms with Crippen LogP contribution in [-0.2, 0) is 14.3 Å². The lowest BCUT2D eigenvalue weighted by molar-refractivity contribution is -0.145. The highest BCUT2D eigenvalue weighted by atomic mass is 16.6. The van der Waals surface area contributed by atoms with Crippen molar-refractivity contribution in [3.05, 3.63) is 0 Å². The standard InChI is InChI=1S/C11H19NO4/c1-3-4-8-16-11(14)12-7-5-6-9(12)10(13)15-2/h9H,3-8H2,1-2H3. The summed E-state index contributed by atoms with van der Waals surface area (Å²) in [5.41, 5.74) is 0. The van der Waals surface area contributed by atoms with Crippen LogP contribution < -0.4 is 0 Å². The van der Waals surface area contributed by atoms with Crippen molar-refractivity contribution in [3.63, 3.8) is 0 Å². The number of unbranched alkanes of at least 4 members (excludes halogenated alkanes) is 1. The van der Waals surface area contributed by atoms with E-state index in [0.717, 1.165) is 19.3 Å². The van der Waals surface area contributed by atoms with Crippen LogP contribution in [0.1, 0.15) is 32.6 Å². The van der Waals surface area contributed by atoms with E-state index in [-0.39, 0.29) is 5.97 Å². The number of methoxy groups -OCH3 is 1. The molecule has 0 spiro atoms. The molecule has 1 saturated heterocycles. The van der Waals surface area contributed by atoms with Crippen LogP contribution in [-0.4, -0.2) is 43.3 Å². The maximum atomic E-state index is 11.6. The van der Waals surface area contributed by atoms with Gasteiger partial charge in [-0.25, -0.2) is 9.59 Å². The smallest absolute Gasteiger partial charge is 0.410 e. The Morgan fingerprint density at radius 1 is 1.44 bits per heavy atom. The van der Waals surface area contributed by atoms with Crippen molar-refractivity contribution in [2.45, 2.75) is 38.6 Å². The van der Waals surface area contributed by atoms with Crippen molar-refractivity contribution in [1.82, 2.24) is 4.90 Å². The van der Waals surface area contributed by atoms with E-state index in [1.807, 2.05) is 6.92 Å². The van der Waals surface area contributed by atoms with Gasteiger partial charge in [-0.1, -0.05) is 13.3 Å². The molecule has 0 aromatic heterocycles. The third-order valence-corrected chi connectivity index (χ3v) is 2.68. The number of amides is 1. The Morgan fingerprint density at radius 3 is 2.81 bits per heavy atom. The molecule has 1 heterocycles. The lowest BCUT2D eigenvalue weighted by Gasteiger charge is -2.21. The molecule has 1 rings (SSSR count). The number of likely N-dealkylation sites (tertiary alicyclic amines) is 1. The van der Waals surface area contributed by atoms with Crippen LogP contribution in [0, 0.1) is 0 Å². The van der Waals surface area contributed by atoms with E-state index >= 15 is 0 Å². The minimum Gasteiger partial charge on any atom is -0.467 e. The van der Waals surface area contributed by atoms with Crippen LogP contribution in [0.15, 0.2) is 0 Å². The van der Waals surface area contributed by atoms with Crippen molar-refractivity contribution >= 4 is 12.1 Å². The van der Waals surface area contributed by atoms with Crippen molar-refractivity contribution in [3.8, 4) is 0 Å². The maximum Gasteiger partial charge on any atom is 0.410 e. The number of nitrogens with zero attached hydrogens (tertiary/aromatic N) is 1. The maximum absolute atomic E-state index is 11.6. The van der Waals surface area contributed by atoms with Gasteiger partial charge in [0.15, 0.2) is 0 Å². The van der Waals surface area contributed by atoms with Gasteiger partial charge >= 0.3 is 12.1 Å². The van der Waals surface area contributed by atoms with Gasteiger partial charge in [0.05, 0.1) is 13.7 Å². The molecule has 0 radical (unpaired) electrons. The molecule has 16 heavy (non-hydrogen) atoms. The molecule has 0 aromatic rings. The van der Waals surface area contributed by atoms with Gasteiger partial charge in [0.2, 0.25) is 0 Å². The summed E-state index contributed by atoms with van der Waals surface area (Å²) < 4.78 is 9.72. The van der Waals surface area contributed by atoms with Gasteiger partial charge in [0.1, 0.15) is 6.04 Å². The largest absolute Gasteiger partial charge is 0.467 e. The number of hydrogen-bond acceptors (Lipinski definition) is 4. The fourth-order valence-electron chi connectivity index (χ4n) is 1.75. The minimum absolute atomic E-state index is 0.357. The summed E-state index contributed by atoms with van der Waals surface area (Å²) >= 11 is 0. The molecule has 1 aliphatic rings. The molecule has 0 aliphatic carbocycles. The summed E-state index contributed by atoms with van der Waals surface area (Å²) in [6, 6.07) is -0.459. The SMILES string of the molecule is CCCCOC(=O)N1CCCC1C(=O)OC. The molecule has 0 bridgehead atoms. The second-order valence-corrected chi connectivity index (χ2v) is 3.84. The van der Waals surface area contributed by atoms with Crippen LogP contribution in [0.2, 0.25) is 0 Å². The van der Waals surface area contributed by atoms with Crippen LogP contribution in [0.25, 0.3) is 0 Å². The molecule has 92 valence electrons. The number of hydrogen-bond donors (Lipinski definition) is 0. The zero-order chi connectivity index (χ0) is 12.0. The number of rotatable bonds is 4. The summed E-state index contributed by atoms with van der Waals surface area (Å²) in [5, 5.41) is 0. The topological polar surface area (TPSA) is 55.8 Å². The predicted molar refractivity (Wildman–Crippen MR) is 58.0 cm³/mol. The van der Waals surface area contributed by atoms with E-state index in [1.165, 1.54) is 12.0 Å². The molecule has 5 nitrogen and oxygen atoms in total. The third kappa shape index (κ3) is 3.12. The molecule has 1 aliphatic heterocycles. The number of carbonyl (C=O) groups excluding carboxylic acids is 2. The highest BCUT2D eigenvalue weighted by Crippen LogP contribution is 2.19. The molecule has 1 atom stereocenters. The van der Waals surface area contributed by atoms with E-state index in [9.17, 15) is 9.59 Å². The van der Waals surface area contributed by atoms with Gasteiger partial charge in [-0.2, -0.15) is 0 Å². The highest BCUT2D eigenvalue weighted by molar-refractivity contribution is 5.81. The zero-order valence-electron chi connectivity index (χ0n) is 9.90. The molecule has 5 heteroatoms. The first-order valence-corrected chi connectivity index (χ1v) is 5.72. The van der Waals surface area contributed by atoms with Gasteiger partial charge in [0, 0.05) is 6.54 Å². The molecule has 0 saturated carbocycles. The van der Waals surface area contributed by atoms with Crippen molar-refractivity contribution < 1.29 is 19.1 Å². The average Bonchev–Trinajstić information content (AvgIpc) is 2.77. The van der Waals surface area contributed by atoms with E-state index in [4.69, 9.17) is 4.74 Å². The number of esters is 1. The third-order valence-electron chi connectivity index (χ3n) is 2.68. The fraction of sp³-hybridized carbons (Fsp3) is 0.818. The Kier molecular flexibility index (Phi) is 5.08.